The molecule has 104 valence electrons. The van der Waals surface area contributed by atoms with Gasteiger partial charge in [-0.25, -0.2) is 4.68 Å². The highest BCUT2D eigenvalue weighted by atomic mass is 35.5. The van der Waals surface area contributed by atoms with E-state index in [4.69, 9.17) is 0 Å². The molecule has 0 bridgehead atoms. The molecular formula is C13H16ClF2N3. The third-order valence-corrected chi connectivity index (χ3v) is 2.68. The number of hydrogen-bond donors (Lipinski definition) is 1. The summed E-state index contributed by atoms with van der Waals surface area (Å²) < 4.78 is 25.7. The molecule has 1 aromatic carbocycles. The van der Waals surface area contributed by atoms with Crippen LogP contribution >= 0.6 is 12.4 Å². The van der Waals surface area contributed by atoms with Crippen molar-refractivity contribution in [1.29, 1.82) is 0 Å². The second kappa shape index (κ2) is 7.86. The summed E-state index contributed by atoms with van der Waals surface area (Å²) in [4.78, 5) is 0. The zero-order chi connectivity index (χ0) is 12.8. The van der Waals surface area contributed by atoms with Crippen LogP contribution < -0.4 is 5.32 Å². The highest BCUT2D eigenvalue weighted by Crippen LogP contribution is 2.11. The zero-order valence-electron chi connectivity index (χ0n) is 10.3. The average molecular weight is 288 g/mol. The molecule has 0 saturated heterocycles. The van der Waals surface area contributed by atoms with Gasteiger partial charge in [0.25, 0.3) is 0 Å². The third kappa shape index (κ3) is 4.61. The van der Waals surface area contributed by atoms with E-state index >= 15 is 0 Å². The highest BCUT2D eigenvalue weighted by molar-refractivity contribution is 5.85. The molecule has 19 heavy (non-hydrogen) atoms. The Kier molecular flexibility index (Phi) is 6.45. The van der Waals surface area contributed by atoms with Crippen molar-refractivity contribution in [2.45, 2.75) is 19.5 Å². The molecule has 0 amide bonds. The Labute approximate surface area is 117 Å². The lowest BCUT2D eigenvalue weighted by Crippen LogP contribution is -2.19. The van der Waals surface area contributed by atoms with Crippen LogP contribution in [0.3, 0.4) is 0 Å². The fourth-order valence-corrected chi connectivity index (χ4v) is 1.75. The maximum Gasteiger partial charge on any atom is 0.333 e. The molecule has 0 unspecified atom stereocenters. The average Bonchev–Trinajstić information content (AvgIpc) is 2.84. The van der Waals surface area contributed by atoms with Gasteiger partial charge in [-0.1, -0.05) is 30.3 Å². The smallest absolute Gasteiger partial charge is 0.311 e. The van der Waals surface area contributed by atoms with Gasteiger partial charge in [0.2, 0.25) is 0 Å². The van der Waals surface area contributed by atoms with E-state index in [2.05, 4.69) is 10.4 Å². The maximum absolute atomic E-state index is 12.5. The topological polar surface area (TPSA) is 29.9 Å². The van der Waals surface area contributed by atoms with Gasteiger partial charge in [-0.2, -0.15) is 13.9 Å². The van der Waals surface area contributed by atoms with E-state index in [9.17, 15) is 8.78 Å². The molecule has 0 radical (unpaired) electrons. The number of benzene rings is 1. The van der Waals surface area contributed by atoms with E-state index in [0.29, 0.717) is 12.2 Å². The Balaban J connectivity index is 0.00000180. The Morgan fingerprint density at radius 2 is 1.89 bits per heavy atom. The summed E-state index contributed by atoms with van der Waals surface area (Å²) in [6.45, 7) is -1.43. The molecule has 0 fully saturated rings. The lowest BCUT2D eigenvalue weighted by molar-refractivity contribution is 0.0531. The van der Waals surface area contributed by atoms with Crippen LogP contribution in [0.5, 0.6) is 0 Å². The minimum atomic E-state index is -2.58. The van der Waals surface area contributed by atoms with Crippen LogP contribution in [0.25, 0.3) is 0 Å². The zero-order valence-corrected chi connectivity index (χ0v) is 11.1. The quantitative estimate of drug-likeness (QED) is 0.828. The van der Waals surface area contributed by atoms with E-state index in [-0.39, 0.29) is 12.4 Å². The van der Waals surface area contributed by atoms with Crippen molar-refractivity contribution >= 4 is 12.4 Å². The molecule has 1 aromatic heterocycles. The van der Waals surface area contributed by atoms with Gasteiger partial charge in [-0.3, -0.25) is 0 Å². The van der Waals surface area contributed by atoms with Gasteiger partial charge >= 0.3 is 6.55 Å². The van der Waals surface area contributed by atoms with E-state index in [1.165, 1.54) is 11.8 Å². The molecule has 0 saturated carbocycles. The fourth-order valence-electron chi connectivity index (χ4n) is 1.75. The van der Waals surface area contributed by atoms with Crippen molar-refractivity contribution in [3.8, 4) is 0 Å². The van der Waals surface area contributed by atoms with Crippen molar-refractivity contribution in [2.75, 3.05) is 6.54 Å². The first-order chi connectivity index (χ1) is 8.77. The van der Waals surface area contributed by atoms with Crippen LogP contribution in [0.15, 0.2) is 42.6 Å². The Morgan fingerprint density at radius 3 is 2.58 bits per heavy atom. The molecule has 0 spiro atoms. The number of rotatable bonds is 6. The predicted octanol–water partition coefficient (Wildman–Crippen LogP) is 3.03. The minimum absolute atomic E-state index is 0. The molecule has 1 heterocycles. The van der Waals surface area contributed by atoms with Gasteiger partial charge in [-0.15, -0.1) is 12.4 Å². The molecule has 0 aliphatic heterocycles. The van der Waals surface area contributed by atoms with Crippen molar-refractivity contribution < 1.29 is 8.78 Å². The molecule has 0 aliphatic carbocycles. The second-order valence-electron chi connectivity index (χ2n) is 3.96. The Hall–Kier alpha value is -1.46. The van der Waals surface area contributed by atoms with Crippen molar-refractivity contribution in [3.63, 3.8) is 0 Å². The van der Waals surface area contributed by atoms with Crippen LogP contribution in [0.4, 0.5) is 8.78 Å². The fraction of sp³-hybridized carbons (Fsp3) is 0.308. The highest BCUT2D eigenvalue weighted by Gasteiger charge is 2.10. The monoisotopic (exact) mass is 287 g/mol. The summed E-state index contributed by atoms with van der Waals surface area (Å²) in [5.74, 6) is 0. The van der Waals surface area contributed by atoms with E-state index in [1.54, 1.807) is 6.07 Å². The van der Waals surface area contributed by atoms with Crippen molar-refractivity contribution in [1.82, 2.24) is 15.1 Å². The Bertz CT molecular complexity index is 474. The van der Waals surface area contributed by atoms with E-state index < -0.39 is 6.55 Å². The van der Waals surface area contributed by atoms with Gasteiger partial charge in [0.1, 0.15) is 0 Å². The first kappa shape index (κ1) is 15.6. The molecule has 2 rings (SSSR count). The van der Waals surface area contributed by atoms with Crippen molar-refractivity contribution in [2.24, 2.45) is 0 Å². The number of alkyl halides is 2. The van der Waals surface area contributed by atoms with Gasteiger partial charge in [0.15, 0.2) is 0 Å². The third-order valence-electron chi connectivity index (χ3n) is 2.68. The predicted molar refractivity (Wildman–Crippen MR) is 72.6 cm³/mol. The van der Waals surface area contributed by atoms with Crippen LogP contribution in [0.2, 0.25) is 0 Å². The lowest BCUT2D eigenvalue weighted by atomic mass is 10.1. The number of nitrogens with zero attached hydrogens (tertiary/aromatic N) is 2. The molecule has 0 aliphatic rings. The molecule has 0 atom stereocenters. The molecule has 3 nitrogen and oxygen atoms in total. The van der Waals surface area contributed by atoms with Crippen LogP contribution in [0.1, 0.15) is 17.8 Å². The van der Waals surface area contributed by atoms with Crippen LogP contribution in [0, 0.1) is 0 Å². The summed E-state index contributed by atoms with van der Waals surface area (Å²) in [5.41, 5.74) is 1.73. The summed E-state index contributed by atoms with van der Waals surface area (Å²) >= 11 is 0. The molecule has 6 heteroatoms. The molecule has 1 N–H and O–H groups in total. The lowest BCUT2D eigenvalue weighted by Gasteiger charge is -2.07. The first-order valence-electron chi connectivity index (χ1n) is 5.82. The summed E-state index contributed by atoms with van der Waals surface area (Å²) in [7, 11) is 0. The Morgan fingerprint density at radius 1 is 1.16 bits per heavy atom. The summed E-state index contributed by atoms with van der Waals surface area (Å²) in [6, 6.07) is 11.6. The number of hydrogen-bond acceptors (Lipinski definition) is 2. The van der Waals surface area contributed by atoms with Gasteiger partial charge < -0.3 is 5.32 Å². The van der Waals surface area contributed by atoms with Gasteiger partial charge in [0, 0.05) is 12.7 Å². The number of nitrogens with one attached hydrogen (secondary N) is 1. The number of halogens is 3. The van der Waals surface area contributed by atoms with Gasteiger partial charge in [0.05, 0.1) is 5.69 Å². The largest absolute Gasteiger partial charge is 0.333 e. The normalized spacial score (nSPS) is 10.5. The number of aromatic nitrogens is 2. The summed E-state index contributed by atoms with van der Waals surface area (Å²) in [6.07, 6.45) is 2.27. The van der Waals surface area contributed by atoms with Crippen LogP contribution in [-0.2, 0) is 13.0 Å². The molecular weight excluding hydrogens is 272 g/mol. The minimum Gasteiger partial charge on any atom is -0.311 e. The van der Waals surface area contributed by atoms with E-state index in [1.807, 2.05) is 30.3 Å². The van der Waals surface area contributed by atoms with Crippen molar-refractivity contribution in [3.05, 3.63) is 53.9 Å². The standard InChI is InChI=1S/C13H15F2N3.ClH/c14-13(15)18-12(7-9-17-18)10-16-8-6-11-4-2-1-3-5-11;/h1-5,7,9,13,16H,6,8,10H2;1H. The van der Waals surface area contributed by atoms with Gasteiger partial charge in [-0.05, 0) is 24.6 Å². The second-order valence-corrected chi connectivity index (χ2v) is 3.96. The molecule has 2 aromatic rings. The maximum atomic E-state index is 12.5. The summed E-state index contributed by atoms with van der Waals surface area (Å²) in [5, 5.41) is 6.72. The van der Waals surface area contributed by atoms with Crippen LogP contribution in [-0.4, -0.2) is 16.3 Å². The first-order valence-corrected chi connectivity index (χ1v) is 5.82. The van der Waals surface area contributed by atoms with E-state index in [0.717, 1.165) is 17.6 Å². The SMILES string of the molecule is Cl.FC(F)n1nccc1CNCCc1ccccc1.